The zero-order valence-corrected chi connectivity index (χ0v) is 36.6. The molecule has 5 saturated heterocycles. The molecule has 3 saturated carbocycles. The molecule has 9 N–H and O–H groups in total. The Hall–Kier alpha value is -0.940. The molecule has 26 atom stereocenters. The number of rotatable bonds is 8. The molecule has 4 aliphatic carbocycles. The lowest BCUT2D eigenvalue weighted by molar-refractivity contribution is -0.389. The molecule has 0 aromatic carbocycles. The highest BCUT2D eigenvalue weighted by molar-refractivity contribution is 5.26. The van der Waals surface area contributed by atoms with Crippen LogP contribution in [-0.4, -0.2) is 176 Å². The summed E-state index contributed by atoms with van der Waals surface area (Å²) in [5, 5.41) is 95.7. The lowest BCUT2D eigenvalue weighted by atomic mass is 9.47. The van der Waals surface area contributed by atoms with Crippen molar-refractivity contribution in [2.45, 2.75) is 203 Å². The summed E-state index contributed by atoms with van der Waals surface area (Å²) < 4.78 is 49.9. The van der Waals surface area contributed by atoms with Crippen molar-refractivity contribution in [3.05, 3.63) is 11.6 Å². The van der Waals surface area contributed by atoms with Gasteiger partial charge in [-0.05, 0) is 98.7 Å². The van der Waals surface area contributed by atoms with Gasteiger partial charge < -0.3 is 83.9 Å². The first-order valence-electron chi connectivity index (χ1n) is 23.4. The Balaban J connectivity index is 0.917. The van der Waals surface area contributed by atoms with Gasteiger partial charge in [0, 0.05) is 12.3 Å². The standard InChI is InChI=1S/C45H72O17/c1-19-8-13-45(55-18-19)20(2)30-27(62-45)15-26-24-7-6-22-14-23(9-11-43(22,4)25(24)10-12-44(26,30)5)57-42-39(61-40-35(52)33(50)31(48)21(3)56-40)37(54)38(29(17-47)59-42)60-41-36(53)34(51)32(49)28(16-46)58-41/h6,19-21,23-42,46-54H,7-18H2,1-5H3/t19-,20+,21?,23?,24-,25+,26+,27+,28?,29?,30+,31+,32-,33?,34?,35+,36+,37?,38-,39+,40+,41+,42-,43+,44+,45-/m1/s1. The summed E-state index contributed by atoms with van der Waals surface area (Å²) >= 11 is 0. The van der Waals surface area contributed by atoms with Gasteiger partial charge in [-0.15, -0.1) is 0 Å². The number of hydrogen-bond acceptors (Lipinski definition) is 17. The smallest absolute Gasteiger partial charge is 0.187 e. The second-order valence-corrected chi connectivity index (χ2v) is 21.1. The summed E-state index contributed by atoms with van der Waals surface area (Å²) in [5.41, 5.74) is 1.48. The summed E-state index contributed by atoms with van der Waals surface area (Å²) in [6.45, 7) is 10.4. The Kier molecular flexibility index (Phi) is 12.9. The van der Waals surface area contributed by atoms with Gasteiger partial charge in [0.1, 0.15) is 67.1 Å². The molecule has 9 aliphatic rings. The zero-order chi connectivity index (χ0) is 44.2. The van der Waals surface area contributed by atoms with Gasteiger partial charge in [0.15, 0.2) is 24.7 Å². The van der Waals surface area contributed by atoms with Crippen molar-refractivity contribution in [2.75, 3.05) is 19.8 Å². The number of ether oxygens (including phenoxy) is 8. The Labute approximate surface area is 363 Å². The predicted octanol–water partition coefficient (Wildman–Crippen LogP) is 0.214. The highest BCUT2D eigenvalue weighted by Crippen LogP contribution is 2.70. The van der Waals surface area contributed by atoms with Crippen molar-refractivity contribution in [2.24, 2.45) is 46.3 Å². The molecule has 9 rings (SSSR count). The van der Waals surface area contributed by atoms with E-state index in [4.69, 9.17) is 37.9 Å². The Morgan fingerprint density at radius 1 is 0.677 bits per heavy atom. The molecule has 0 aromatic rings. The largest absolute Gasteiger partial charge is 0.394 e. The van der Waals surface area contributed by atoms with Crippen LogP contribution < -0.4 is 0 Å². The van der Waals surface area contributed by atoms with Gasteiger partial charge in [-0.2, -0.15) is 0 Å². The number of aliphatic hydroxyl groups is 9. The summed E-state index contributed by atoms with van der Waals surface area (Å²) in [7, 11) is 0. The predicted molar refractivity (Wildman–Crippen MR) is 214 cm³/mol. The van der Waals surface area contributed by atoms with Crippen LogP contribution in [0.4, 0.5) is 0 Å². The lowest BCUT2D eigenvalue weighted by Gasteiger charge is -2.58. The second-order valence-electron chi connectivity index (χ2n) is 21.1. The molecule has 0 amide bonds. The number of allylic oxidation sites excluding steroid dienone is 1. The molecule has 17 nitrogen and oxygen atoms in total. The van der Waals surface area contributed by atoms with Gasteiger partial charge in [-0.3, -0.25) is 0 Å². The average Bonchev–Trinajstić information content (AvgIpc) is 3.70. The van der Waals surface area contributed by atoms with E-state index in [9.17, 15) is 46.0 Å². The van der Waals surface area contributed by atoms with Crippen LogP contribution in [0, 0.1) is 46.3 Å². The van der Waals surface area contributed by atoms with E-state index >= 15 is 0 Å². The molecule has 5 aliphatic heterocycles. The molecular formula is C45H72O17. The van der Waals surface area contributed by atoms with Crippen molar-refractivity contribution in [1.82, 2.24) is 0 Å². The summed E-state index contributed by atoms with van der Waals surface area (Å²) in [6, 6.07) is 0. The third-order valence-electron chi connectivity index (χ3n) is 17.7. The minimum absolute atomic E-state index is 0.0356. The normalized spacial score (nSPS) is 57.6. The molecule has 0 radical (unpaired) electrons. The van der Waals surface area contributed by atoms with Crippen LogP contribution in [0.15, 0.2) is 11.6 Å². The number of hydrogen-bond donors (Lipinski definition) is 9. The minimum Gasteiger partial charge on any atom is -0.394 e. The van der Waals surface area contributed by atoms with Gasteiger partial charge in [0.25, 0.3) is 0 Å². The highest BCUT2D eigenvalue weighted by Gasteiger charge is 2.69. The van der Waals surface area contributed by atoms with Gasteiger partial charge in [0.2, 0.25) is 0 Å². The fraction of sp³-hybridized carbons (Fsp3) is 0.956. The molecule has 0 aromatic heterocycles. The molecule has 17 heteroatoms. The van der Waals surface area contributed by atoms with Crippen LogP contribution in [0.25, 0.3) is 0 Å². The molecule has 0 bridgehead atoms. The first-order valence-corrected chi connectivity index (χ1v) is 23.4. The fourth-order valence-electron chi connectivity index (χ4n) is 14.0. The number of fused-ring (bicyclic) bond motifs is 7. The Morgan fingerprint density at radius 3 is 2.05 bits per heavy atom. The van der Waals surface area contributed by atoms with Crippen LogP contribution in [0.3, 0.4) is 0 Å². The van der Waals surface area contributed by atoms with E-state index in [-0.39, 0.29) is 23.0 Å². The van der Waals surface area contributed by atoms with E-state index < -0.39 is 111 Å². The Bertz CT molecular complexity index is 1610. The van der Waals surface area contributed by atoms with Crippen molar-refractivity contribution >= 4 is 0 Å². The fourth-order valence-corrected chi connectivity index (χ4v) is 14.0. The van der Waals surface area contributed by atoms with Crippen molar-refractivity contribution < 1.29 is 83.9 Å². The summed E-state index contributed by atoms with van der Waals surface area (Å²) in [6.07, 6.45) is -12.0. The monoisotopic (exact) mass is 884 g/mol. The molecular weight excluding hydrogens is 812 g/mol. The van der Waals surface area contributed by atoms with Crippen LogP contribution in [-0.2, 0) is 37.9 Å². The van der Waals surface area contributed by atoms with E-state index in [1.165, 1.54) is 12.5 Å². The van der Waals surface area contributed by atoms with Crippen molar-refractivity contribution in [3.8, 4) is 0 Å². The molecule has 7 unspecified atom stereocenters. The summed E-state index contributed by atoms with van der Waals surface area (Å²) in [4.78, 5) is 0. The van der Waals surface area contributed by atoms with Crippen LogP contribution in [0.2, 0.25) is 0 Å². The van der Waals surface area contributed by atoms with Crippen LogP contribution in [0.1, 0.15) is 92.4 Å². The van der Waals surface area contributed by atoms with Gasteiger partial charge in [-0.1, -0.05) is 39.3 Å². The maximum Gasteiger partial charge on any atom is 0.187 e. The highest BCUT2D eigenvalue weighted by atomic mass is 16.8. The third-order valence-corrected chi connectivity index (χ3v) is 17.7. The molecule has 5 heterocycles. The summed E-state index contributed by atoms with van der Waals surface area (Å²) in [5.74, 6) is 2.56. The van der Waals surface area contributed by atoms with E-state index in [0.717, 1.165) is 51.6 Å². The first-order chi connectivity index (χ1) is 29.4. The maximum absolute atomic E-state index is 12.0. The first kappa shape index (κ1) is 46.2. The van der Waals surface area contributed by atoms with E-state index in [0.29, 0.717) is 48.3 Å². The topological polar surface area (TPSA) is 256 Å². The van der Waals surface area contributed by atoms with Crippen LogP contribution in [0.5, 0.6) is 0 Å². The maximum atomic E-state index is 12.0. The third kappa shape index (κ3) is 7.49. The molecule has 354 valence electrons. The van der Waals surface area contributed by atoms with Crippen molar-refractivity contribution in [3.63, 3.8) is 0 Å². The lowest BCUT2D eigenvalue weighted by Crippen LogP contribution is -2.67. The molecule has 62 heavy (non-hydrogen) atoms. The number of aliphatic hydroxyl groups excluding tert-OH is 9. The van der Waals surface area contributed by atoms with E-state index in [1.54, 1.807) is 0 Å². The minimum atomic E-state index is -1.82. The average molecular weight is 885 g/mol. The Morgan fingerprint density at radius 2 is 1.35 bits per heavy atom. The van der Waals surface area contributed by atoms with Crippen LogP contribution >= 0.6 is 0 Å². The van der Waals surface area contributed by atoms with E-state index in [1.807, 2.05) is 0 Å². The van der Waals surface area contributed by atoms with Gasteiger partial charge in [0.05, 0.1) is 38.1 Å². The SMILES string of the molecule is CC1O[C@@H](O[C@H]2C(O)[C@H](O[C@@H]3OC(CO)[C@@H](O)C(O)[C@@H]3O)C(CO)O[C@H]2OC2CC[C@@]3(C)C(=CC[C@H]4[C@@H]5C[C@@H]6O[C@]7(CC[C@@H](C)CO7)[C@@H](C)[C@@H]6[C@@]5(C)CC[C@@H]43)C2)[C@@H](O)C(O)[C@H]1O. The molecule has 1 spiro atoms. The molecule has 8 fully saturated rings. The van der Waals surface area contributed by atoms with Gasteiger partial charge in [-0.25, -0.2) is 0 Å². The van der Waals surface area contributed by atoms with Crippen molar-refractivity contribution in [1.29, 1.82) is 0 Å². The van der Waals surface area contributed by atoms with E-state index in [2.05, 4.69) is 33.8 Å². The second kappa shape index (κ2) is 17.3. The quantitative estimate of drug-likeness (QED) is 0.148. The van der Waals surface area contributed by atoms with Gasteiger partial charge >= 0.3 is 0 Å². The zero-order valence-electron chi connectivity index (χ0n) is 36.6.